The van der Waals surface area contributed by atoms with Crippen molar-refractivity contribution in [2.75, 3.05) is 7.11 Å². The van der Waals surface area contributed by atoms with Crippen LogP contribution in [-0.2, 0) is 9.53 Å². The van der Waals surface area contributed by atoms with Gasteiger partial charge in [-0.25, -0.2) is 4.79 Å². The van der Waals surface area contributed by atoms with Crippen molar-refractivity contribution in [3.8, 4) is 0 Å². The molecule has 0 fully saturated rings. The standard InChI is InChI=1S/C22H29NO3/c1-3-4-5-6-7-8-16-20(22(25)26-2)23-21(24)19-15-11-13-17-12-9-10-14-18(17)19/h9-15,20H,3-8,16H2,1-2H3,(H,23,24)/t20-/m1/s1. The van der Waals surface area contributed by atoms with Crippen LogP contribution in [0.3, 0.4) is 0 Å². The molecule has 2 aromatic carbocycles. The molecule has 0 aliphatic carbocycles. The molecule has 0 spiro atoms. The largest absolute Gasteiger partial charge is 0.467 e. The average molecular weight is 355 g/mol. The van der Waals surface area contributed by atoms with E-state index in [-0.39, 0.29) is 11.9 Å². The number of carbonyl (C=O) groups is 2. The Morgan fingerprint density at radius 1 is 0.962 bits per heavy atom. The van der Waals surface area contributed by atoms with Crippen LogP contribution < -0.4 is 5.32 Å². The molecule has 0 aromatic heterocycles. The fourth-order valence-electron chi connectivity index (χ4n) is 3.18. The SMILES string of the molecule is CCCCCCCC[C@@H](NC(=O)c1cccc2ccccc12)C(=O)OC. The molecule has 4 heteroatoms. The van der Waals surface area contributed by atoms with Gasteiger partial charge < -0.3 is 10.1 Å². The highest BCUT2D eigenvalue weighted by Crippen LogP contribution is 2.19. The number of methoxy groups -OCH3 is 1. The van der Waals surface area contributed by atoms with Gasteiger partial charge in [-0.15, -0.1) is 0 Å². The van der Waals surface area contributed by atoms with E-state index in [0.29, 0.717) is 12.0 Å². The van der Waals surface area contributed by atoms with E-state index in [2.05, 4.69) is 12.2 Å². The van der Waals surface area contributed by atoms with Crippen LogP contribution in [0.5, 0.6) is 0 Å². The first kappa shape index (κ1) is 20.0. The van der Waals surface area contributed by atoms with Crippen LogP contribution in [0.4, 0.5) is 0 Å². The summed E-state index contributed by atoms with van der Waals surface area (Å²) < 4.78 is 4.88. The van der Waals surface area contributed by atoms with Gasteiger partial charge in [-0.05, 0) is 23.3 Å². The first-order valence-electron chi connectivity index (χ1n) is 9.53. The van der Waals surface area contributed by atoms with Crippen LogP contribution in [0, 0.1) is 0 Å². The van der Waals surface area contributed by atoms with E-state index in [1.807, 2.05) is 36.4 Å². The molecule has 0 saturated carbocycles. The molecule has 1 atom stereocenters. The third-order valence-corrected chi connectivity index (χ3v) is 4.67. The van der Waals surface area contributed by atoms with Crippen LogP contribution >= 0.6 is 0 Å². The van der Waals surface area contributed by atoms with Gasteiger partial charge in [-0.1, -0.05) is 81.8 Å². The van der Waals surface area contributed by atoms with Gasteiger partial charge in [0, 0.05) is 5.56 Å². The smallest absolute Gasteiger partial charge is 0.328 e. The van der Waals surface area contributed by atoms with E-state index in [9.17, 15) is 9.59 Å². The van der Waals surface area contributed by atoms with E-state index in [4.69, 9.17) is 4.74 Å². The number of hydrogen-bond acceptors (Lipinski definition) is 3. The van der Waals surface area contributed by atoms with Crippen molar-refractivity contribution in [1.82, 2.24) is 5.32 Å². The molecular formula is C22H29NO3. The molecule has 26 heavy (non-hydrogen) atoms. The van der Waals surface area contributed by atoms with Crippen LogP contribution in [-0.4, -0.2) is 25.0 Å². The summed E-state index contributed by atoms with van der Waals surface area (Å²) in [5.74, 6) is -0.615. The Morgan fingerprint density at radius 3 is 2.42 bits per heavy atom. The minimum Gasteiger partial charge on any atom is -0.467 e. The third kappa shape index (κ3) is 5.58. The zero-order chi connectivity index (χ0) is 18.8. The van der Waals surface area contributed by atoms with Crippen molar-refractivity contribution in [3.05, 3.63) is 48.0 Å². The number of benzene rings is 2. The molecule has 1 amide bonds. The Bertz CT molecular complexity index is 721. The van der Waals surface area contributed by atoms with Crippen molar-refractivity contribution in [2.45, 2.75) is 57.9 Å². The predicted molar refractivity (Wildman–Crippen MR) is 105 cm³/mol. The molecule has 0 radical (unpaired) electrons. The maximum atomic E-state index is 12.7. The molecule has 4 nitrogen and oxygen atoms in total. The summed E-state index contributed by atoms with van der Waals surface area (Å²) in [5.41, 5.74) is 0.583. The average Bonchev–Trinajstić information content (AvgIpc) is 2.68. The maximum absolute atomic E-state index is 12.7. The Labute approximate surface area is 155 Å². The molecule has 0 aliphatic rings. The zero-order valence-corrected chi connectivity index (χ0v) is 15.8. The van der Waals surface area contributed by atoms with Crippen molar-refractivity contribution in [3.63, 3.8) is 0 Å². The number of hydrogen-bond donors (Lipinski definition) is 1. The lowest BCUT2D eigenvalue weighted by Gasteiger charge is -2.17. The van der Waals surface area contributed by atoms with Gasteiger partial charge in [0.1, 0.15) is 6.04 Å². The van der Waals surface area contributed by atoms with E-state index in [1.165, 1.54) is 32.8 Å². The first-order chi connectivity index (χ1) is 12.7. The number of carbonyl (C=O) groups excluding carboxylic acids is 2. The van der Waals surface area contributed by atoms with Crippen LogP contribution in [0.15, 0.2) is 42.5 Å². The number of ether oxygens (including phenoxy) is 1. The highest BCUT2D eigenvalue weighted by molar-refractivity contribution is 6.07. The van der Waals surface area contributed by atoms with Crippen molar-refractivity contribution in [1.29, 1.82) is 0 Å². The van der Waals surface area contributed by atoms with Crippen LogP contribution in [0.1, 0.15) is 62.2 Å². The fourth-order valence-corrected chi connectivity index (χ4v) is 3.18. The van der Waals surface area contributed by atoms with Gasteiger partial charge in [0.2, 0.25) is 0 Å². The molecule has 2 rings (SSSR count). The highest BCUT2D eigenvalue weighted by atomic mass is 16.5. The summed E-state index contributed by atoms with van der Waals surface area (Å²) in [6.07, 6.45) is 7.43. The zero-order valence-electron chi connectivity index (χ0n) is 15.8. The molecule has 0 heterocycles. The molecule has 0 saturated heterocycles. The van der Waals surface area contributed by atoms with E-state index >= 15 is 0 Å². The molecule has 0 unspecified atom stereocenters. The van der Waals surface area contributed by atoms with Crippen molar-refractivity contribution in [2.24, 2.45) is 0 Å². The second-order valence-electron chi connectivity index (χ2n) is 6.63. The Morgan fingerprint density at radius 2 is 1.65 bits per heavy atom. The second-order valence-corrected chi connectivity index (χ2v) is 6.63. The lowest BCUT2D eigenvalue weighted by atomic mass is 10.0. The predicted octanol–water partition coefficient (Wildman–Crippen LogP) is 4.86. The quantitative estimate of drug-likeness (QED) is 0.489. The minimum absolute atomic E-state index is 0.233. The Kier molecular flexibility index (Phi) is 8.13. The molecular weight excluding hydrogens is 326 g/mol. The summed E-state index contributed by atoms with van der Waals surface area (Å²) in [4.78, 5) is 24.8. The summed E-state index contributed by atoms with van der Waals surface area (Å²) >= 11 is 0. The lowest BCUT2D eigenvalue weighted by molar-refractivity contribution is -0.143. The van der Waals surface area contributed by atoms with Gasteiger partial charge in [0.15, 0.2) is 0 Å². The maximum Gasteiger partial charge on any atom is 0.328 e. The van der Waals surface area contributed by atoms with Gasteiger partial charge in [0.25, 0.3) is 5.91 Å². The molecule has 0 aliphatic heterocycles. The monoisotopic (exact) mass is 355 g/mol. The van der Waals surface area contributed by atoms with E-state index in [0.717, 1.165) is 23.6 Å². The Hall–Kier alpha value is -2.36. The van der Waals surface area contributed by atoms with Crippen LogP contribution in [0.25, 0.3) is 10.8 Å². The van der Waals surface area contributed by atoms with Crippen LogP contribution in [0.2, 0.25) is 0 Å². The van der Waals surface area contributed by atoms with Crippen molar-refractivity contribution >= 4 is 22.6 Å². The highest BCUT2D eigenvalue weighted by Gasteiger charge is 2.22. The van der Waals surface area contributed by atoms with E-state index in [1.54, 1.807) is 6.07 Å². The Balaban J connectivity index is 2.00. The van der Waals surface area contributed by atoms with Gasteiger partial charge >= 0.3 is 5.97 Å². The fraction of sp³-hybridized carbons (Fsp3) is 0.455. The third-order valence-electron chi connectivity index (χ3n) is 4.67. The summed E-state index contributed by atoms with van der Waals surface area (Å²) in [6, 6.07) is 12.8. The summed E-state index contributed by atoms with van der Waals surface area (Å²) in [6.45, 7) is 2.19. The number of rotatable bonds is 10. The molecule has 2 aromatic rings. The topological polar surface area (TPSA) is 55.4 Å². The molecule has 0 bridgehead atoms. The number of fused-ring (bicyclic) bond motifs is 1. The van der Waals surface area contributed by atoms with Crippen molar-refractivity contribution < 1.29 is 14.3 Å². The minimum atomic E-state index is -0.599. The first-order valence-corrected chi connectivity index (χ1v) is 9.53. The van der Waals surface area contributed by atoms with E-state index < -0.39 is 6.04 Å². The molecule has 140 valence electrons. The second kappa shape index (κ2) is 10.6. The number of unbranched alkanes of at least 4 members (excludes halogenated alkanes) is 5. The lowest BCUT2D eigenvalue weighted by Crippen LogP contribution is -2.41. The normalized spacial score (nSPS) is 11.9. The number of amides is 1. The van der Waals surface area contributed by atoms with Gasteiger partial charge in [-0.2, -0.15) is 0 Å². The molecule has 1 N–H and O–H groups in total. The number of esters is 1. The summed E-state index contributed by atoms with van der Waals surface area (Å²) in [7, 11) is 1.36. The van der Waals surface area contributed by atoms with Gasteiger partial charge in [-0.3, -0.25) is 4.79 Å². The van der Waals surface area contributed by atoms with Gasteiger partial charge in [0.05, 0.1) is 7.11 Å². The summed E-state index contributed by atoms with van der Waals surface area (Å²) in [5, 5.41) is 4.75. The number of nitrogens with one attached hydrogen (secondary N) is 1.